The molecule has 3 N–H and O–H groups in total. The lowest BCUT2D eigenvalue weighted by atomic mass is 9.84. The van der Waals surface area contributed by atoms with E-state index in [1.807, 2.05) is 0 Å². The average molecular weight is 280 g/mol. The van der Waals surface area contributed by atoms with Gasteiger partial charge in [-0.25, -0.2) is 4.79 Å². The molecule has 0 aromatic heterocycles. The Labute approximate surface area is 119 Å². The molecular formula is C15H24N2O3. The first-order chi connectivity index (χ1) is 9.54. The molecule has 6 unspecified atom stereocenters. The Kier molecular flexibility index (Phi) is 3.61. The minimum Gasteiger partial charge on any atom is -0.481 e. The van der Waals surface area contributed by atoms with Gasteiger partial charge in [-0.15, -0.1) is 0 Å². The summed E-state index contributed by atoms with van der Waals surface area (Å²) in [5.41, 5.74) is 0. The lowest BCUT2D eigenvalue weighted by Crippen LogP contribution is -2.51. The fourth-order valence-corrected chi connectivity index (χ4v) is 4.57. The summed E-state index contributed by atoms with van der Waals surface area (Å²) >= 11 is 0. The van der Waals surface area contributed by atoms with Crippen LogP contribution >= 0.6 is 0 Å². The van der Waals surface area contributed by atoms with E-state index in [4.69, 9.17) is 0 Å². The largest absolute Gasteiger partial charge is 0.481 e. The van der Waals surface area contributed by atoms with E-state index in [0.29, 0.717) is 11.8 Å². The molecule has 3 fully saturated rings. The summed E-state index contributed by atoms with van der Waals surface area (Å²) in [6.07, 6.45) is 6.25. The van der Waals surface area contributed by atoms with Crippen LogP contribution in [0.4, 0.5) is 4.79 Å². The maximum absolute atomic E-state index is 12.1. The summed E-state index contributed by atoms with van der Waals surface area (Å²) in [4.78, 5) is 23.5. The number of carboxylic acids is 1. The minimum absolute atomic E-state index is 0.173. The Morgan fingerprint density at radius 3 is 2.40 bits per heavy atom. The third kappa shape index (κ3) is 2.50. The summed E-state index contributed by atoms with van der Waals surface area (Å²) in [5, 5.41) is 15.3. The number of carbonyl (C=O) groups is 2. The molecule has 0 spiro atoms. The Morgan fingerprint density at radius 2 is 1.75 bits per heavy atom. The van der Waals surface area contributed by atoms with E-state index in [1.54, 1.807) is 0 Å². The number of aliphatic carboxylic acids is 1. The van der Waals surface area contributed by atoms with Crippen LogP contribution in [0, 0.1) is 23.7 Å². The van der Waals surface area contributed by atoms with Gasteiger partial charge in [-0.2, -0.15) is 0 Å². The molecule has 5 heteroatoms. The standard InChI is InChI=1S/C15H24N2O3/c1-8-2-5-11(6-8)16-15(20)17-13-10-4-3-9(7-10)12(13)14(18)19/h8-13H,2-7H2,1H3,(H,18,19)(H2,16,17,20). The molecule has 112 valence electrons. The molecule has 3 aliphatic carbocycles. The topological polar surface area (TPSA) is 78.4 Å². The molecule has 5 nitrogen and oxygen atoms in total. The molecule has 3 rings (SSSR count). The third-order valence-corrected chi connectivity index (χ3v) is 5.53. The van der Waals surface area contributed by atoms with Crippen LogP contribution < -0.4 is 10.6 Å². The van der Waals surface area contributed by atoms with Crippen molar-refractivity contribution < 1.29 is 14.7 Å². The minimum atomic E-state index is -0.753. The fraction of sp³-hybridized carbons (Fsp3) is 0.867. The number of carboxylic acid groups (broad SMARTS) is 1. The van der Waals surface area contributed by atoms with Gasteiger partial charge in [0.05, 0.1) is 5.92 Å². The highest BCUT2D eigenvalue weighted by Crippen LogP contribution is 2.48. The van der Waals surface area contributed by atoms with E-state index >= 15 is 0 Å². The van der Waals surface area contributed by atoms with Crippen LogP contribution in [0.3, 0.4) is 0 Å². The highest BCUT2D eigenvalue weighted by molar-refractivity contribution is 5.77. The van der Waals surface area contributed by atoms with Crippen molar-refractivity contribution in [2.24, 2.45) is 23.7 Å². The molecule has 0 heterocycles. The van der Waals surface area contributed by atoms with Crippen molar-refractivity contribution >= 4 is 12.0 Å². The zero-order valence-electron chi connectivity index (χ0n) is 12.0. The first-order valence-corrected chi connectivity index (χ1v) is 7.84. The second kappa shape index (κ2) is 5.26. The molecular weight excluding hydrogens is 256 g/mol. The number of amides is 2. The molecule has 6 atom stereocenters. The van der Waals surface area contributed by atoms with Crippen molar-refractivity contribution in [3.8, 4) is 0 Å². The summed E-state index contributed by atoms with van der Waals surface area (Å²) in [5.74, 6) is 0.150. The predicted molar refractivity (Wildman–Crippen MR) is 74.2 cm³/mol. The lowest BCUT2D eigenvalue weighted by molar-refractivity contribution is -0.144. The van der Waals surface area contributed by atoms with Crippen LogP contribution in [0.1, 0.15) is 45.4 Å². The Balaban J connectivity index is 1.56. The fourth-order valence-electron chi connectivity index (χ4n) is 4.57. The molecule has 0 radical (unpaired) electrons. The number of hydrogen-bond donors (Lipinski definition) is 3. The number of urea groups is 1. The maximum atomic E-state index is 12.1. The predicted octanol–water partition coefficient (Wildman–Crippen LogP) is 1.97. The Hall–Kier alpha value is -1.26. The monoisotopic (exact) mass is 280 g/mol. The zero-order chi connectivity index (χ0) is 14.3. The van der Waals surface area contributed by atoms with Crippen molar-refractivity contribution in [2.75, 3.05) is 0 Å². The lowest BCUT2D eigenvalue weighted by Gasteiger charge is -2.29. The van der Waals surface area contributed by atoms with E-state index in [1.165, 1.54) is 0 Å². The number of rotatable bonds is 3. The first-order valence-electron chi connectivity index (χ1n) is 7.84. The smallest absolute Gasteiger partial charge is 0.315 e. The van der Waals surface area contributed by atoms with Gasteiger partial charge < -0.3 is 15.7 Å². The molecule has 3 saturated carbocycles. The van der Waals surface area contributed by atoms with Gasteiger partial charge in [0.2, 0.25) is 0 Å². The second-order valence-electron chi connectivity index (χ2n) is 6.96. The van der Waals surface area contributed by atoms with Gasteiger partial charge in [0.25, 0.3) is 0 Å². The van der Waals surface area contributed by atoms with E-state index in [-0.39, 0.29) is 30.0 Å². The van der Waals surface area contributed by atoms with Crippen molar-refractivity contribution in [2.45, 2.75) is 57.5 Å². The van der Waals surface area contributed by atoms with Gasteiger partial charge in [-0.3, -0.25) is 4.79 Å². The molecule has 0 aromatic rings. The molecule has 3 aliphatic rings. The summed E-state index contributed by atoms with van der Waals surface area (Å²) in [6, 6.07) is -0.0927. The molecule has 2 bridgehead atoms. The normalized spacial score (nSPS) is 42.6. The number of carbonyl (C=O) groups excluding carboxylic acids is 1. The van der Waals surface area contributed by atoms with E-state index in [2.05, 4.69) is 17.6 Å². The van der Waals surface area contributed by atoms with Gasteiger partial charge in [0, 0.05) is 12.1 Å². The first kappa shape index (κ1) is 13.7. The van der Waals surface area contributed by atoms with Crippen molar-refractivity contribution in [3.63, 3.8) is 0 Å². The van der Waals surface area contributed by atoms with Crippen molar-refractivity contribution in [1.29, 1.82) is 0 Å². The van der Waals surface area contributed by atoms with E-state index in [0.717, 1.165) is 38.5 Å². The van der Waals surface area contributed by atoms with Crippen molar-refractivity contribution in [1.82, 2.24) is 10.6 Å². The molecule has 0 saturated heterocycles. The number of fused-ring (bicyclic) bond motifs is 2. The summed E-state index contributed by atoms with van der Waals surface area (Å²) in [6.45, 7) is 2.20. The highest BCUT2D eigenvalue weighted by Gasteiger charge is 2.51. The van der Waals surface area contributed by atoms with E-state index < -0.39 is 5.97 Å². The number of hydrogen-bond acceptors (Lipinski definition) is 2. The SMILES string of the molecule is CC1CCC(NC(=O)NC2C3CCC(C3)C2C(=O)O)C1. The molecule has 20 heavy (non-hydrogen) atoms. The molecule has 0 aromatic carbocycles. The van der Waals surface area contributed by atoms with Crippen LogP contribution in [0.2, 0.25) is 0 Å². The van der Waals surface area contributed by atoms with Crippen molar-refractivity contribution in [3.05, 3.63) is 0 Å². The Morgan fingerprint density at radius 1 is 1.00 bits per heavy atom. The molecule has 0 aliphatic heterocycles. The highest BCUT2D eigenvalue weighted by atomic mass is 16.4. The average Bonchev–Trinajstić information content (AvgIpc) is 3.04. The zero-order valence-corrected chi connectivity index (χ0v) is 12.0. The van der Waals surface area contributed by atoms with Gasteiger partial charge in [-0.1, -0.05) is 6.92 Å². The third-order valence-electron chi connectivity index (χ3n) is 5.53. The van der Waals surface area contributed by atoms with Crippen LogP contribution in [-0.4, -0.2) is 29.2 Å². The summed E-state index contributed by atoms with van der Waals surface area (Å²) in [7, 11) is 0. The maximum Gasteiger partial charge on any atom is 0.315 e. The van der Waals surface area contributed by atoms with Crippen LogP contribution in [0.15, 0.2) is 0 Å². The van der Waals surface area contributed by atoms with Crippen LogP contribution in [0.5, 0.6) is 0 Å². The molecule has 2 amide bonds. The second-order valence-corrected chi connectivity index (χ2v) is 6.96. The van der Waals surface area contributed by atoms with Gasteiger partial charge >= 0.3 is 12.0 Å². The number of nitrogens with one attached hydrogen (secondary N) is 2. The van der Waals surface area contributed by atoms with Gasteiger partial charge in [0.1, 0.15) is 0 Å². The van der Waals surface area contributed by atoms with Gasteiger partial charge in [-0.05, 0) is 56.3 Å². The summed E-state index contributed by atoms with van der Waals surface area (Å²) < 4.78 is 0. The van der Waals surface area contributed by atoms with Crippen LogP contribution in [-0.2, 0) is 4.79 Å². The van der Waals surface area contributed by atoms with E-state index in [9.17, 15) is 14.7 Å². The van der Waals surface area contributed by atoms with Gasteiger partial charge in [0.15, 0.2) is 0 Å². The Bertz CT molecular complexity index is 412. The quantitative estimate of drug-likeness (QED) is 0.739. The van der Waals surface area contributed by atoms with Crippen LogP contribution in [0.25, 0.3) is 0 Å².